The van der Waals surface area contributed by atoms with Crippen molar-refractivity contribution in [2.45, 2.75) is 19.8 Å². The van der Waals surface area contributed by atoms with Crippen molar-refractivity contribution in [2.75, 3.05) is 6.56 Å². The van der Waals surface area contributed by atoms with E-state index in [1.165, 1.54) is 13.1 Å². The molecule has 1 aromatic heterocycles. The molecule has 0 radical (unpaired) electrons. The third kappa shape index (κ3) is 1.89. The summed E-state index contributed by atoms with van der Waals surface area (Å²) < 4.78 is 59.9. The van der Waals surface area contributed by atoms with Crippen LogP contribution >= 0.6 is 0 Å². The van der Waals surface area contributed by atoms with Crippen LogP contribution in [0.25, 0.3) is 0 Å². The summed E-state index contributed by atoms with van der Waals surface area (Å²) in [5.41, 5.74) is 0.0438. The molecule has 0 aromatic carbocycles. The van der Waals surface area contributed by atoms with E-state index in [0.29, 0.717) is 0 Å². The molecule has 0 bridgehead atoms. The zero-order chi connectivity index (χ0) is 17.0. The fraction of sp³-hybridized carbons (Fsp3) is 0.636. The van der Waals surface area contributed by atoms with Gasteiger partial charge >= 0.3 is 5.97 Å². The summed E-state index contributed by atoms with van der Waals surface area (Å²) in [6, 6.07) is 0. The lowest BCUT2D eigenvalue weighted by Gasteiger charge is -2.12. The zero-order valence-electron chi connectivity index (χ0n) is 15.3. The van der Waals surface area contributed by atoms with Crippen molar-refractivity contribution in [3.05, 3.63) is 18.2 Å². The minimum Gasteiger partial charge on any atom is -0.465 e. The Hall–Kier alpha value is -1.32. The lowest BCUT2D eigenvalue weighted by molar-refractivity contribution is -0.141. The summed E-state index contributed by atoms with van der Waals surface area (Å²) in [6.45, 7) is -3.76. The van der Waals surface area contributed by atoms with E-state index >= 15 is 0 Å². The Morgan fingerprint density at radius 1 is 1.93 bits per heavy atom. The van der Waals surface area contributed by atoms with Gasteiger partial charge in [0.15, 0.2) is 0 Å². The smallest absolute Gasteiger partial charge is 0.309 e. The van der Waals surface area contributed by atoms with Crippen LogP contribution in [0, 0.1) is 11.8 Å². The molecule has 2 atom stereocenters. The summed E-state index contributed by atoms with van der Waals surface area (Å²) in [7, 11) is 0. The first-order chi connectivity index (χ1) is 9.89. The maximum Gasteiger partial charge on any atom is 0.309 e. The van der Waals surface area contributed by atoms with Gasteiger partial charge in [-0.3, -0.25) is 4.79 Å². The fourth-order valence-electron chi connectivity index (χ4n) is 1.49. The van der Waals surface area contributed by atoms with Crippen molar-refractivity contribution >= 4 is 5.97 Å². The van der Waals surface area contributed by atoms with Crippen LogP contribution in [-0.4, -0.2) is 22.1 Å². The highest BCUT2D eigenvalue weighted by Gasteiger charge is 2.35. The van der Waals surface area contributed by atoms with Crippen molar-refractivity contribution in [3.63, 3.8) is 0 Å². The largest absolute Gasteiger partial charge is 0.465 e. The number of imidazole rings is 1. The number of nitrogens with zero attached hydrogens (tertiary/aromatic N) is 2. The Morgan fingerprint density at radius 3 is 3.53 bits per heavy atom. The average Bonchev–Trinajstić information content (AvgIpc) is 2.88. The summed E-state index contributed by atoms with van der Waals surface area (Å²) in [5.74, 6) is -5.52. The van der Waals surface area contributed by atoms with Crippen LogP contribution in [-0.2, 0) is 22.9 Å². The third-order valence-electron chi connectivity index (χ3n) is 2.30. The predicted molar refractivity (Wildman–Crippen MR) is 55.1 cm³/mol. The van der Waals surface area contributed by atoms with Gasteiger partial charge < -0.3 is 9.30 Å². The van der Waals surface area contributed by atoms with E-state index < -0.39 is 37.7 Å². The van der Waals surface area contributed by atoms with Crippen molar-refractivity contribution in [1.29, 1.82) is 0 Å². The second kappa shape index (κ2) is 4.04. The van der Waals surface area contributed by atoms with Crippen molar-refractivity contribution in [2.24, 2.45) is 18.8 Å². The molecule has 0 amide bonds. The molecular weight excluding hydrogens is 192 g/mol. The Labute approximate surface area is 99.1 Å². The number of carbonyl (C=O) groups is 1. The highest BCUT2D eigenvalue weighted by atomic mass is 16.5. The molecule has 0 aliphatic carbocycles. The van der Waals surface area contributed by atoms with Crippen LogP contribution in [0.4, 0.5) is 0 Å². The predicted octanol–water partition coefficient (Wildman–Crippen LogP) is 1.16. The van der Waals surface area contributed by atoms with Crippen LogP contribution in [0.3, 0.4) is 0 Å². The number of carbonyl (C=O) groups excluding carboxylic acids is 1. The molecular formula is C11H16N2O2. The van der Waals surface area contributed by atoms with Gasteiger partial charge in [-0.1, -0.05) is 6.92 Å². The quantitative estimate of drug-likeness (QED) is 0.711. The van der Waals surface area contributed by atoms with Crippen LogP contribution in [0.15, 0.2) is 12.5 Å². The van der Waals surface area contributed by atoms with Crippen molar-refractivity contribution in [1.82, 2.24) is 9.55 Å². The van der Waals surface area contributed by atoms with Crippen LogP contribution in [0.2, 0.25) is 0 Å². The van der Waals surface area contributed by atoms with Gasteiger partial charge in [0.05, 0.1) is 21.5 Å². The van der Waals surface area contributed by atoms with E-state index in [9.17, 15) is 4.79 Å². The van der Waals surface area contributed by atoms with Crippen LogP contribution < -0.4 is 0 Å². The molecule has 0 spiro atoms. The molecule has 15 heavy (non-hydrogen) atoms. The molecule has 0 unspecified atom stereocenters. The van der Waals surface area contributed by atoms with Gasteiger partial charge in [0.2, 0.25) is 0 Å². The third-order valence-corrected chi connectivity index (χ3v) is 2.30. The van der Waals surface area contributed by atoms with Gasteiger partial charge in [0, 0.05) is 31.6 Å². The minimum absolute atomic E-state index is 0.0438. The summed E-state index contributed by atoms with van der Waals surface area (Å²) in [6.07, 6.45) is 1.63. The number of esters is 1. The number of aryl methyl sites for hydroxylation is 1. The first-order valence-electron chi connectivity index (χ1n) is 8.14. The molecule has 4 heteroatoms. The molecule has 1 aliphatic rings. The van der Waals surface area contributed by atoms with Gasteiger partial charge in [-0.15, -0.1) is 0 Å². The maximum atomic E-state index is 11.9. The highest BCUT2D eigenvalue weighted by Crippen LogP contribution is 2.27. The molecule has 1 saturated heterocycles. The standard InChI is InChI=1S/C11H16N2O2/c1-3-10-8(6-15-11(10)14)4-9-5-12-7-13(9)2/h5,7-8,10H,3-4,6H2,1-2H3/t8-,10-/m0/s1/i2D3,6D2,8D,10D. The summed E-state index contributed by atoms with van der Waals surface area (Å²) >= 11 is 0. The van der Waals surface area contributed by atoms with E-state index in [2.05, 4.69) is 9.72 Å². The topological polar surface area (TPSA) is 44.1 Å². The second-order valence-corrected chi connectivity index (χ2v) is 3.23. The number of aromatic nitrogens is 2. The number of ether oxygens (including phenoxy) is 1. The molecule has 0 N–H and O–H groups in total. The normalized spacial score (nSPS) is 46.5. The molecule has 2 rings (SSSR count). The molecule has 2 heterocycles. The van der Waals surface area contributed by atoms with Gasteiger partial charge in [-0.2, -0.15) is 0 Å². The average molecular weight is 215 g/mol. The summed E-state index contributed by atoms with van der Waals surface area (Å²) in [5, 5.41) is 0. The SMILES string of the molecule is [2H]C([2H])([2H])n1cncc1C[C@@]1([2H])C([2H])([2H])OC(=O)[C@@]1([2H])CC. The van der Waals surface area contributed by atoms with Crippen molar-refractivity contribution in [3.8, 4) is 0 Å². The van der Waals surface area contributed by atoms with Gasteiger partial charge in [0.1, 0.15) is 0 Å². The summed E-state index contributed by atoms with van der Waals surface area (Å²) in [4.78, 5) is 15.6. The van der Waals surface area contributed by atoms with Crippen LogP contribution in [0.1, 0.15) is 28.6 Å². The van der Waals surface area contributed by atoms with E-state index in [-0.39, 0.29) is 12.1 Å². The number of cyclic esters (lactones) is 1. The number of hydrogen-bond donors (Lipinski definition) is 0. The van der Waals surface area contributed by atoms with Gasteiger partial charge in [-0.25, -0.2) is 4.98 Å². The Balaban J connectivity index is 2.50. The molecule has 4 nitrogen and oxygen atoms in total. The number of rotatable bonds is 3. The molecule has 0 saturated carbocycles. The minimum atomic E-state index is -2.70. The lowest BCUT2D eigenvalue weighted by atomic mass is 9.89. The first-order valence-corrected chi connectivity index (χ1v) is 4.64. The van der Waals surface area contributed by atoms with Crippen molar-refractivity contribution < 1.29 is 19.1 Å². The molecule has 1 fully saturated rings. The molecule has 82 valence electrons. The van der Waals surface area contributed by atoms with E-state index in [0.717, 1.165) is 10.9 Å². The Bertz CT molecular complexity index is 600. The van der Waals surface area contributed by atoms with E-state index in [4.69, 9.17) is 9.60 Å². The first kappa shape index (κ1) is 4.68. The van der Waals surface area contributed by atoms with Crippen LogP contribution in [0.5, 0.6) is 0 Å². The monoisotopic (exact) mass is 215 g/mol. The fourth-order valence-corrected chi connectivity index (χ4v) is 1.49. The maximum absolute atomic E-state index is 11.9. The molecule has 1 aromatic rings. The Kier molecular flexibility index (Phi) is 1.26. The second-order valence-electron chi connectivity index (χ2n) is 3.23. The lowest BCUT2D eigenvalue weighted by Crippen LogP contribution is -2.18. The van der Waals surface area contributed by atoms with Gasteiger partial charge in [-0.05, 0) is 12.8 Å². The van der Waals surface area contributed by atoms with Gasteiger partial charge in [0.25, 0.3) is 0 Å². The number of hydrogen-bond acceptors (Lipinski definition) is 3. The Morgan fingerprint density at radius 2 is 2.80 bits per heavy atom. The molecule has 1 aliphatic heterocycles. The van der Waals surface area contributed by atoms with E-state index in [1.807, 2.05) is 0 Å². The highest BCUT2D eigenvalue weighted by molar-refractivity contribution is 5.74. The zero-order valence-corrected chi connectivity index (χ0v) is 8.28. The van der Waals surface area contributed by atoms with E-state index in [1.54, 1.807) is 0 Å².